The van der Waals surface area contributed by atoms with Gasteiger partial charge in [0.2, 0.25) is 5.95 Å². The average molecular weight is 476 g/mol. The number of aromatic carboxylic acids is 1. The molecule has 6 nitrogen and oxygen atoms in total. The van der Waals surface area contributed by atoms with Gasteiger partial charge in [0.15, 0.2) is 0 Å². The van der Waals surface area contributed by atoms with E-state index in [0.717, 1.165) is 24.8 Å². The highest BCUT2D eigenvalue weighted by Gasteiger charge is 2.35. The minimum atomic E-state index is -4.76. The highest BCUT2D eigenvalue weighted by molar-refractivity contribution is 5.95. The van der Waals surface area contributed by atoms with Crippen molar-refractivity contribution in [2.75, 3.05) is 5.32 Å². The molecule has 34 heavy (non-hydrogen) atoms. The number of benzene rings is 2. The number of nitrogens with zero attached hydrogens (tertiary/aromatic N) is 2. The summed E-state index contributed by atoms with van der Waals surface area (Å²) in [6, 6.07) is 9.02. The molecule has 182 valence electrons. The van der Waals surface area contributed by atoms with E-state index in [1.54, 1.807) is 13.0 Å². The van der Waals surface area contributed by atoms with Gasteiger partial charge in [-0.15, -0.1) is 13.2 Å². The van der Waals surface area contributed by atoms with Crippen molar-refractivity contribution in [1.82, 2.24) is 9.55 Å². The molecule has 1 aliphatic carbocycles. The summed E-state index contributed by atoms with van der Waals surface area (Å²) in [6.45, 7) is 8.48. The Bertz CT molecular complexity index is 1220. The number of carboxylic acid groups (broad SMARTS) is 1. The van der Waals surface area contributed by atoms with Gasteiger partial charge in [0.1, 0.15) is 5.75 Å². The first-order chi connectivity index (χ1) is 15.8. The molecule has 1 aliphatic rings. The summed E-state index contributed by atoms with van der Waals surface area (Å²) in [5.74, 6) is -0.305. The normalized spacial score (nSPS) is 20.3. The van der Waals surface area contributed by atoms with E-state index in [4.69, 9.17) is 4.98 Å². The standard InChI is InChI=1S/C25H28F3N3O3/c1-14-9-17(13-24(3,4)12-14)31-21-10-15(2)19(22(32)33)11-20(21)30-23(31)29-16-5-7-18(8-6-16)34-25(26,27)28/h5-8,10-11,14,17H,9,12-13H2,1-4H3,(H,29,30)(H,32,33). The molecule has 0 spiro atoms. The van der Waals surface area contributed by atoms with Crippen LogP contribution in [0.25, 0.3) is 11.0 Å². The number of ether oxygens (including phenoxy) is 1. The number of imidazole rings is 1. The third kappa shape index (κ3) is 5.13. The molecule has 9 heteroatoms. The number of carboxylic acids is 1. The van der Waals surface area contributed by atoms with Gasteiger partial charge in [-0.3, -0.25) is 0 Å². The Balaban J connectivity index is 1.77. The molecular formula is C25H28F3N3O3. The Labute approximate surface area is 195 Å². The molecule has 1 saturated carbocycles. The number of rotatable bonds is 5. The zero-order valence-corrected chi connectivity index (χ0v) is 19.5. The lowest BCUT2D eigenvalue weighted by atomic mass is 9.70. The van der Waals surface area contributed by atoms with Crippen molar-refractivity contribution >= 4 is 28.6 Å². The lowest BCUT2D eigenvalue weighted by Gasteiger charge is -2.40. The molecule has 0 bridgehead atoms. The van der Waals surface area contributed by atoms with E-state index < -0.39 is 12.3 Å². The number of aryl methyl sites for hydroxylation is 1. The van der Waals surface area contributed by atoms with Gasteiger partial charge < -0.3 is 19.7 Å². The molecule has 4 rings (SSSR count). The van der Waals surface area contributed by atoms with Crippen LogP contribution in [-0.2, 0) is 0 Å². The van der Waals surface area contributed by atoms with E-state index in [-0.39, 0.29) is 22.8 Å². The van der Waals surface area contributed by atoms with Crippen LogP contribution in [-0.4, -0.2) is 27.0 Å². The van der Waals surface area contributed by atoms with Gasteiger partial charge in [-0.05, 0) is 79.5 Å². The number of hydrogen-bond donors (Lipinski definition) is 2. The lowest BCUT2D eigenvalue weighted by molar-refractivity contribution is -0.274. The van der Waals surface area contributed by atoms with Crippen LogP contribution in [0.15, 0.2) is 36.4 Å². The average Bonchev–Trinajstić information content (AvgIpc) is 3.02. The number of nitrogens with one attached hydrogen (secondary N) is 1. The van der Waals surface area contributed by atoms with E-state index in [2.05, 4.69) is 35.4 Å². The third-order valence-electron chi connectivity index (χ3n) is 6.34. The van der Waals surface area contributed by atoms with Crippen molar-refractivity contribution < 1.29 is 27.8 Å². The van der Waals surface area contributed by atoms with Crippen LogP contribution >= 0.6 is 0 Å². The Morgan fingerprint density at radius 2 is 1.88 bits per heavy atom. The largest absolute Gasteiger partial charge is 0.573 e. The van der Waals surface area contributed by atoms with Gasteiger partial charge in [0, 0.05) is 11.7 Å². The maximum atomic E-state index is 12.5. The van der Waals surface area contributed by atoms with E-state index in [9.17, 15) is 23.1 Å². The number of halogens is 3. The van der Waals surface area contributed by atoms with Gasteiger partial charge in [0.25, 0.3) is 0 Å². The van der Waals surface area contributed by atoms with Crippen molar-refractivity contribution in [2.45, 2.75) is 59.4 Å². The molecule has 0 saturated heterocycles. The summed E-state index contributed by atoms with van der Waals surface area (Å²) in [7, 11) is 0. The maximum absolute atomic E-state index is 12.5. The number of aromatic nitrogens is 2. The molecule has 1 heterocycles. The second-order valence-electron chi connectivity index (χ2n) is 10.0. The van der Waals surface area contributed by atoms with Crippen LogP contribution in [0.1, 0.15) is 62.0 Å². The Morgan fingerprint density at radius 1 is 1.21 bits per heavy atom. The molecule has 2 aromatic carbocycles. The topological polar surface area (TPSA) is 76.4 Å². The molecule has 1 aromatic heterocycles. The molecular weight excluding hydrogens is 447 g/mol. The Morgan fingerprint density at radius 3 is 2.47 bits per heavy atom. The fourth-order valence-corrected chi connectivity index (χ4v) is 5.30. The minimum absolute atomic E-state index is 0.128. The van der Waals surface area contributed by atoms with Gasteiger partial charge in [0.05, 0.1) is 16.6 Å². The van der Waals surface area contributed by atoms with E-state index in [1.807, 2.05) is 6.07 Å². The lowest BCUT2D eigenvalue weighted by Crippen LogP contribution is -2.29. The molecule has 3 aromatic rings. The summed E-state index contributed by atoms with van der Waals surface area (Å²) in [6.07, 6.45) is -1.77. The second kappa shape index (κ2) is 8.52. The van der Waals surface area contributed by atoms with E-state index >= 15 is 0 Å². The van der Waals surface area contributed by atoms with Crippen LogP contribution in [0.5, 0.6) is 5.75 Å². The van der Waals surface area contributed by atoms with Crippen LogP contribution in [0, 0.1) is 18.3 Å². The third-order valence-corrected chi connectivity index (χ3v) is 6.34. The highest BCUT2D eigenvalue weighted by Crippen LogP contribution is 2.46. The number of hydrogen-bond acceptors (Lipinski definition) is 4. The monoisotopic (exact) mass is 475 g/mol. The summed E-state index contributed by atoms with van der Waals surface area (Å²) < 4.78 is 43.5. The van der Waals surface area contributed by atoms with Crippen molar-refractivity contribution in [3.8, 4) is 5.75 Å². The molecule has 2 atom stereocenters. The van der Waals surface area contributed by atoms with E-state index in [0.29, 0.717) is 28.6 Å². The van der Waals surface area contributed by atoms with Crippen LogP contribution in [0.3, 0.4) is 0 Å². The molecule has 0 radical (unpaired) electrons. The number of anilines is 2. The number of carbonyl (C=O) groups is 1. The summed E-state index contributed by atoms with van der Waals surface area (Å²) in [4.78, 5) is 16.4. The molecule has 0 amide bonds. The number of alkyl halides is 3. The first kappa shape index (κ1) is 23.9. The second-order valence-corrected chi connectivity index (χ2v) is 10.0. The van der Waals surface area contributed by atoms with Gasteiger partial charge in [-0.25, -0.2) is 9.78 Å². The predicted octanol–water partition coefficient (Wildman–Crippen LogP) is 7.07. The Kier molecular flexibility index (Phi) is 5.99. The summed E-state index contributed by atoms with van der Waals surface area (Å²) in [5, 5.41) is 12.8. The first-order valence-corrected chi connectivity index (χ1v) is 11.2. The first-order valence-electron chi connectivity index (χ1n) is 11.2. The summed E-state index contributed by atoms with van der Waals surface area (Å²) in [5.41, 5.74) is 2.89. The quantitative estimate of drug-likeness (QED) is 0.413. The fraction of sp³-hybridized carbons (Fsp3) is 0.440. The van der Waals surface area contributed by atoms with Gasteiger partial charge in [-0.1, -0.05) is 20.8 Å². The smallest absolute Gasteiger partial charge is 0.478 e. The van der Waals surface area contributed by atoms with Gasteiger partial charge >= 0.3 is 12.3 Å². The summed E-state index contributed by atoms with van der Waals surface area (Å²) >= 11 is 0. The minimum Gasteiger partial charge on any atom is -0.478 e. The molecule has 1 fully saturated rings. The number of fused-ring (bicyclic) bond motifs is 1. The molecule has 2 N–H and O–H groups in total. The van der Waals surface area contributed by atoms with Crippen molar-refractivity contribution in [3.63, 3.8) is 0 Å². The van der Waals surface area contributed by atoms with Crippen LogP contribution in [0.2, 0.25) is 0 Å². The predicted molar refractivity (Wildman–Crippen MR) is 124 cm³/mol. The molecule has 2 unspecified atom stereocenters. The maximum Gasteiger partial charge on any atom is 0.573 e. The van der Waals surface area contributed by atoms with Crippen molar-refractivity contribution in [2.24, 2.45) is 11.3 Å². The van der Waals surface area contributed by atoms with Crippen molar-refractivity contribution in [3.05, 3.63) is 47.5 Å². The zero-order chi connectivity index (χ0) is 24.8. The fourth-order valence-electron chi connectivity index (χ4n) is 5.30. The SMILES string of the molecule is Cc1cc2c(cc1C(=O)O)nc(Nc1ccc(OC(F)(F)F)cc1)n2C1CC(C)CC(C)(C)C1. The van der Waals surface area contributed by atoms with Crippen LogP contribution < -0.4 is 10.1 Å². The zero-order valence-electron chi connectivity index (χ0n) is 19.5. The molecule has 0 aliphatic heterocycles. The van der Waals surface area contributed by atoms with Gasteiger partial charge in [-0.2, -0.15) is 0 Å². The highest BCUT2D eigenvalue weighted by atomic mass is 19.4. The van der Waals surface area contributed by atoms with E-state index in [1.165, 1.54) is 24.3 Å². The van der Waals surface area contributed by atoms with Crippen molar-refractivity contribution in [1.29, 1.82) is 0 Å². The Hall–Kier alpha value is -3.23. The van der Waals surface area contributed by atoms with Crippen LogP contribution in [0.4, 0.5) is 24.8 Å².